The summed E-state index contributed by atoms with van der Waals surface area (Å²) >= 11 is 0. The van der Waals surface area contributed by atoms with Crippen molar-refractivity contribution >= 4 is 44.9 Å². The molecule has 0 saturated heterocycles. The third-order valence-corrected chi connectivity index (χ3v) is 10.3. The van der Waals surface area contributed by atoms with Crippen LogP contribution >= 0.6 is 0 Å². The largest absolute Gasteiger partial charge is 0.310 e. The Morgan fingerprint density at radius 2 is 0.796 bits per heavy atom. The van der Waals surface area contributed by atoms with Crippen molar-refractivity contribution in [2.75, 3.05) is 9.80 Å². The lowest BCUT2D eigenvalue weighted by Crippen LogP contribution is -2.18. The number of anilines is 6. The van der Waals surface area contributed by atoms with E-state index >= 15 is 0 Å². The summed E-state index contributed by atoms with van der Waals surface area (Å²) in [5, 5.41) is 2.53. The molecule has 8 rings (SSSR count). The van der Waals surface area contributed by atoms with Gasteiger partial charge < -0.3 is 9.80 Å². The van der Waals surface area contributed by atoms with E-state index in [-0.39, 0.29) is 5.41 Å². The highest BCUT2D eigenvalue weighted by atomic mass is 15.1. The zero-order valence-electron chi connectivity index (χ0n) is 29.3. The molecule has 0 atom stereocenters. The van der Waals surface area contributed by atoms with Crippen molar-refractivity contribution in [2.24, 2.45) is 0 Å². The second kappa shape index (κ2) is 11.8. The van der Waals surface area contributed by atoms with E-state index in [1.165, 1.54) is 61.0 Å². The monoisotopic (exact) mass is 634 g/mol. The van der Waals surface area contributed by atoms with Crippen LogP contribution in [-0.4, -0.2) is 0 Å². The molecule has 240 valence electrons. The fourth-order valence-corrected chi connectivity index (χ4v) is 7.53. The molecule has 1 aliphatic rings. The average Bonchev–Trinajstić information content (AvgIpc) is 3.34. The average molecular weight is 635 g/mol. The summed E-state index contributed by atoms with van der Waals surface area (Å²) in [5.74, 6) is 0. The lowest BCUT2D eigenvalue weighted by atomic mass is 9.81. The third kappa shape index (κ3) is 5.29. The van der Waals surface area contributed by atoms with Crippen LogP contribution in [0.3, 0.4) is 0 Å². The van der Waals surface area contributed by atoms with Gasteiger partial charge in [0.2, 0.25) is 0 Å². The van der Waals surface area contributed by atoms with Crippen molar-refractivity contribution in [3.8, 4) is 11.1 Å². The summed E-state index contributed by atoms with van der Waals surface area (Å²) in [4.78, 5) is 4.82. The standard InChI is InChI=1S/C47H42N2/c1-31-11-19-35(20-12-31)48(36-21-13-32(2)14-22-36)39-27-28-42-43(29-39)47(5,6)44-30-45(40-9-7-8-10-41(40)46(42)44)49(37-23-15-33(3)16-24-37)38-25-17-34(4)18-26-38/h7-30H,1-6H3. The Kier molecular flexibility index (Phi) is 7.41. The van der Waals surface area contributed by atoms with Crippen molar-refractivity contribution in [1.29, 1.82) is 0 Å². The van der Waals surface area contributed by atoms with Crippen molar-refractivity contribution in [3.63, 3.8) is 0 Å². The smallest absolute Gasteiger partial charge is 0.0543 e. The zero-order valence-corrected chi connectivity index (χ0v) is 29.3. The van der Waals surface area contributed by atoms with Gasteiger partial charge in [-0.05, 0) is 122 Å². The molecule has 2 heteroatoms. The Morgan fingerprint density at radius 1 is 0.388 bits per heavy atom. The van der Waals surface area contributed by atoms with Crippen LogP contribution in [0.25, 0.3) is 21.9 Å². The molecular weight excluding hydrogens is 593 g/mol. The molecule has 0 spiro atoms. The van der Waals surface area contributed by atoms with Gasteiger partial charge in [-0.15, -0.1) is 0 Å². The zero-order chi connectivity index (χ0) is 33.9. The Balaban J connectivity index is 1.34. The summed E-state index contributed by atoms with van der Waals surface area (Å²) in [5.41, 5.74) is 17.1. The van der Waals surface area contributed by atoms with Gasteiger partial charge >= 0.3 is 0 Å². The first-order valence-corrected chi connectivity index (χ1v) is 17.3. The molecule has 2 nitrogen and oxygen atoms in total. The van der Waals surface area contributed by atoms with Crippen molar-refractivity contribution in [3.05, 3.63) is 179 Å². The Morgan fingerprint density at radius 3 is 1.27 bits per heavy atom. The van der Waals surface area contributed by atoms with Crippen molar-refractivity contribution < 1.29 is 0 Å². The van der Waals surface area contributed by atoms with Gasteiger partial charge in [0, 0.05) is 39.2 Å². The first-order valence-electron chi connectivity index (χ1n) is 17.3. The van der Waals surface area contributed by atoms with E-state index in [0.29, 0.717) is 0 Å². The summed E-state index contributed by atoms with van der Waals surface area (Å²) in [6.07, 6.45) is 0. The summed E-state index contributed by atoms with van der Waals surface area (Å²) < 4.78 is 0. The third-order valence-electron chi connectivity index (χ3n) is 10.3. The molecule has 0 saturated carbocycles. The second-order valence-corrected chi connectivity index (χ2v) is 14.2. The van der Waals surface area contributed by atoms with Gasteiger partial charge in [0.1, 0.15) is 0 Å². The number of hydrogen-bond donors (Lipinski definition) is 0. The van der Waals surface area contributed by atoms with Crippen molar-refractivity contribution in [2.45, 2.75) is 47.0 Å². The number of aryl methyl sites for hydroxylation is 4. The van der Waals surface area contributed by atoms with Gasteiger partial charge in [0.05, 0.1) is 5.69 Å². The first-order chi connectivity index (χ1) is 23.7. The highest BCUT2D eigenvalue weighted by Gasteiger charge is 2.38. The van der Waals surface area contributed by atoms with Gasteiger partial charge in [-0.2, -0.15) is 0 Å². The summed E-state index contributed by atoms with van der Waals surface area (Å²) in [7, 11) is 0. The molecule has 0 unspecified atom stereocenters. The summed E-state index contributed by atoms with van der Waals surface area (Å²) in [6, 6.07) is 54.0. The number of nitrogens with zero attached hydrogens (tertiary/aromatic N) is 2. The minimum absolute atomic E-state index is 0.224. The van der Waals surface area contributed by atoms with E-state index in [4.69, 9.17) is 0 Å². The van der Waals surface area contributed by atoms with E-state index in [9.17, 15) is 0 Å². The molecular formula is C47H42N2. The Labute approximate surface area is 290 Å². The van der Waals surface area contributed by atoms with Crippen LogP contribution in [-0.2, 0) is 5.41 Å². The molecule has 0 aliphatic heterocycles. The molecule has 7 aromatic rings. The molecule has 0 N–H and O–H groups in total. The van der Waals surface area contributed by atoms with Crippen LogP contribution in [0.2, 0.25) is 0 Å². The Bertz CT molecular complexity index is 2220. The number of hydrogen-bond acceptors (Lipinski definition) is 2. The van der Waals surface area contributed by atoms with E-state index in [1.54, 1.807) is 0 Å². The SMILES string of the molecule is Cc1ccc(N(c2ccc(C)cc2)c2ccc3c(c2)C(C)(C)c2cc(N(c4ccc(C)cc4)c4ccc(C)cc4)c4ccccc4c2-3)cc1. The highest BCUT2D eigenvalue weighted by Crippen LogP contribution is 2.55. The van der Waals surface area contributed by atoms with Crippen LogP contribution in [0.5, 0.6) is 0 Å². The van der Waals surface area contributed by atoms with Crippen LogP contribution < -0.4 is 9.80 Å². The molecule has 49 heavy (non-hydrogen) atoms. The van der Waals surface area contributed by atoms with Crippen LogP contribution in [0, 0.1) is 27.7 Å². The maximum Gasteiger partial charge on any atom is 0.0543 e. The fourth-order valence-electron chi connectivity index (χ4n) is 7.53. The van der Waals surface area contributed by atoms with Crippen LogP contribution in [0.1, 0.15) is 47.2 Å². The molecule has 0 heterocycles. The first kappa shape index (κ1) is 30.7. The number of fused-ring (bicyclic) bond motifs is 5. The topological polar surface area (TPSA) is 6.48 Å². The number of rotatable bonds is 6. The van der Waals surface area contributed by atoms with Gasteiger partial charge in [-0.1, -0.05) is 115 Å². The van der Waals surface area contributed by atoms with E-state index < -0.39 is 0 Å². The predicted molar refractivity (Wildman–Crippen MR) is 210 cm³/mol. The van der Waals surface area contributed by atoms with Gasteiger partial charge in [-0.3, -0.25) is 0 Å². The molecule has 1 aliphatic carbocycles. The lowest BCUT2D eigenvalue weighted by molar-refractivity contribution is 0.661. The molecule has 7 aromatic carbocycles. The second-order valence-electron chi connectivity index (χ2n) is 14.2. The van der Waals surface area contributed by atoms with Gasteiger partial charge in [-0.25, -0.2) is 0 Å². The quantitative estimate of drug-likeness (QED) is 0.180. The maximum absolute atomic E-state index is 2.47. The molecule has 0 amide bonds. The molecule has 0 bridgehead atoms. The minimum Gasteiger partial charge on any atom is -0.310 e. The molecule has 0 aromatic heterocycles. The number of benzene rings is 7. The molecule has 0 fully saturated rings. The highest BCUT2D eigenvalue weighted by molar-refractivity contribution is 6.10. The van der Waals surface area contributed by atoms with E-state index in [1.807, 2.05) is 0 Å². The van der Waals surface area contributed by atoms with E-state index in [0.717, 1.165) is 28.4 Å². The lowest BCUT2D eigenvalue weighted by Gasteiger charge is -2.30. The van der Waals surface area contributed by atoms with Gasteiger partial charge in [0.15, 0.2) is 0 Å². The Hall–Kier alpha value is -5.60. The predicted octanol–water partition coefficient (Wildman–Crippen LogP) is 13.3. The summed E-state index contributed by atoms with van der Waals surface area (Å²) in [6.45, 7) is 13.4. The van der Waals surface area contributed by atoms with Crippen molar-refractivity contribution in [1.82, 2.24) is 0 Å². The van der Waals surface area contributed by atoms with Crippen LogP contribution in [0.15, 0.2) is 146 Å². The van der Waals surface area contributed by atoms with E-state index in [2.05, 4.69) is 197 Å². The van der Waals surface area contributed by atoms with Gasteiger partial charge in [0.25, 0.3) is 0 Å². The normalized spacial score (nSPS) is 12.9. The minimum atomic E-state index is -0.224. The van der Waals surface area contributed by atoms with Crippen LogP contribution in [0.4, 0.5) is 34.1 Å². The fraction of sp³-hybridized carbons (Fsp3) is 0.149. The molecule has 0 radical (unpaired) electrons. The maximum atomic E-state index is 2.47.